The van der Waals surface area contributed by atoms with Crippen molar-refractivity contribution in [1.82, 2.24) is 5.32 Å². The fourth-order valence-corrected chi connectivity index (χ4v) is 4.05. The van der Waals surface area contributed by atoms with Crippen LogP contribution in [0.25, 0.3) is 21.9 Å². The highest BCUT2D eigenvalue weighted by Gasteiger charge is 2.44. The molecule has 0 aliphatic carbocycles. The largest absolute Gasteiger partial charge is 0.464 e. The number of para-hydroxylation sites is 1. The number of benzene rings is 2. The Hall–Kier alpha value is -4.40. The summed E-state index contributed by atoms with van der Waals surface area (Å²) in [5.41, 5.74) is -0.568. The number of ether oxygens (including phenoxy) is 1. The summed E-state index contributed by atoms with van der Waals surface area (Å²) in [6, 6.07) is 11.8. The Morgan fingerprint density at radius 3 is 2.59 bits per heavy atom. The number of hydrogen-bond donors (Lipinski definition) is 1. The third-order valence-corrected chi connectivity index (χ3v) is 5.49. The van der Waals surface area contributed by atoms with Crippen LogP contribution in [0.2, 0.25) is 0 Å². The van der Waals surface area contributed by atoms with Gasteiger partial charge in [0.15, 0.2) is 11.2 Å². The molecule has 2 aromatic carbocycles. The van der Waals surface area contributed by atoms with E-state index < -0.39 is 27.6 Å². The summed E-state index contributed by atoms with van der Waals surface area (Å²) in [6.45, 7) is 1.82. The van der Waals surface area contributed by atoms with Crippen molar-refractivity contribution < 1.29 is 18.5 Å². The summed E-state index contributed by atoms with van der Waals surface area (Å²) in [5, 5.41) is 15.5. The molecule has 0 fully saturated rings. The van der Waals surface area contributed by atoms with Gasteiger partial charge in [0, 0.05) is 7.05 Å². The molecule has 2 aromatic heterocycles. The summed E-state index contributed by atoms with van der Waals surface area (Å²) in [7, 11) is 1.46. The highest BCUT2D eigenvalue weighted by atomic mass is 16.6. The van der Waals surface area contributed by atoms with Crippen molar-refractivity contribution in [3.8, 4) is 5.75 Å². The van der Waals surface area contributed by atoms with Gasteiger partial charge < -0.3 is 18.9 Å². The van der Waals surface area contributed by atoms with E-state index in [1.807, 2.05) is 6.92 Å². The number of aryl methyl sites for hydroxylation is 1. The van der Waals surface area contributed by atoms with Gasteiger partial charge in [-0.05, 0) is 31.2 Å². The lowest BCUT2D eigenvalue weighted by atomic mass is 9.87. The van der Waals surface area contributed by atoms with Crippen LogP contribution in [0.15, 0.2) is 78.7 Å². The maximum atomic E-state index is 13.4. The Morgan fingerprint density at radius 1 is 1.06 bits per heavy atom. The molecule has 9 heteroatoms. The van der Waals surface area contributed by atoms with E-state index >= 15 is 0 Å². The molecule has 9 nitrogen and oxygen atoms in total. The van der Waals surface area contributed by atoms with Crippen LogP contribution in [-0.2, 0) is 0 Å². The maximum Gasteiger partial charge on any atom is 0.344 e. The standard InChI is InChI=1S/C23H16N2O7/c1-11-7-8-15-13(9-11)20(26)14(10-30-15)17-18-21(32-22(24-2)19(17)25(28)29)12-5-3-4-6-16(12)31-23(18)27/h3-10,17,24H,1-2H3/t17-/m0/s1. The highest BCUT2D eigenvalue weighted by molar-refractivity contribution is 5.86. The van der Waals surface area contributed by atoms with E-state index in [9.17, 15) is 19.7 Å². The lowest BCUT2D eigenvalue weighted by Gasteiger charge is -2.24. The summed E-state index contributed by atoms with van der Waals surface area (Å²) < 4.78 is 16.8. The van der Waals surface area contributed by atoms with Crippen molar-refractivity contribution in [3.05, 3.63) is 108 Å². The number of nitrogens with one attached hydrogen (secondary N) is 1. The van der Waals surface area contributed by atoms with Gasteiger partial charge in [0.2, 0.25) is 0 Å². The molecule has 5 rings (SSSR count). The third kappa shape index (κ3) is 2.78. The predicted octanol–water partition coefficient (Wildman–Crippen LogP) is 3.40. The van der Waals surface area contributed by atoms with Crippen molar-refractivity contribution >= 4 is 21.9 Å². The normalized spacial score (nSPS) is 15.5. The average Bonchev–Trinajstić information content (AvgIpc) is 2.78. The minimum atomic E-state index is -1.36. The van der Waals surface area contributed by atoms with E-state index in [4.69, 9.17) is 13.6 Å². The topological polar surface area (TPSA) is 125 Å². The van der Waals surface area contributed by atoms with Gasteiger partial charge in [-0.1, -0.05) is 23.8 Å². The van der Waals surface area contributed by atoms with E-state index in [0.717, 1.165) is 11.8 Å². The van der Waals surface area contributed by atoms with Crippen molar-refractivity contribution in [2.75, 3.05) is 7.05 Å². The number of fused-ring (bicyclic) bond motifs is 4. The van der Waals surface area contributed by atoms with Gasteiger partial charge >= 0.3 is 11.3 Å². The summed E-state index contributed by atoms with van der Waals surface area (Å²) >= 11 is 0. The van der Waals surface area contributed by atoms with Crippen LogP contribution in [0.1, 0.15) is 22.6 Å². The second-order valence-corrected chi connectivity index (χ2v) is 7.40. The predicted molar refractivity (Wildman–Crippen MR) is 115 cm³/mol. The minimum Gasteiger partial charge on any atom is -0.464 e. The monoisotopic (exact) mass is 432 g/mol. The second-order valence-electron chi connectivity index (χ2n) is 7.40. The number of hydrogen-bond acceptors (Lipinski definition) is 8. The molecule has 1 atom stereocenters. The van der Waals surface area contributed by atoms with Crippen LogP contribution in [0.4, 0.5) is 0 Å². The summed E-state index contributed by atoms with van der Waals surface area (Å²) in [6.07, 6.45) is 1.16. The quantitative estimate of drug-likeness (QED) is 0.297. The molecule has 0 radical (unpaired) electrons. The zero-order chi connectivity index (χ0) is 22.6. The first-order valence-electron chi connectivity index (χ1n) is 9.72. The van der Waals surface area contributed by atoms with Gasteiger partial charge in [-0.2, -0.15) is 0 Å². The number of rotatable bonds is 3. The van der Waals surface area contributed by atoms with E-state index in [1.54, 1.807) is 42.5 Å². The molecule has 3 heterocycles. The fourth-order valence-electron chi connectivity index (χ4n) is 4.05. The van der Waals surface area contributed by atoms with Crippen molar-refractivity contribution in [1.29, 1.82) is 0 Å². The molecule has 32 heavy (non-hydrogen) atoms. The van der Waals surface area contributed by atoms with Gasteiger partial charge in [0.1, 0.15) is 17.1 Å². The average molecular weight is 432 g/mol. The Bertz CT molecular complexity index is 1580. The molecule has 0 saturated carbocycles. The van der Waals surface area contributed by atoms with Crippen LogP contribution in [0.3, 0.4) is 0 Å². The lowest BCUT2D eigenvalue weighted by Crippen LogP contribution is -2.33. The molecular weight excluding hydrogens is 416 g/mol. The molecule has 0 bridgehead atoms. The molecule has 0 saturated heterocycles. The molecule has 1 N–H and O–H groups in total. The van der Waals surface area contributed by atoms with Crippen LogP contribution in [-0.4, -0.2) is 12.0 Å². The van der Waals surface area contributed by atoms with Crippen LogP contribution < -0.4 is 21.1 Å². The SMILES string of the molecule is CNC1=C([N+](=O)[O-])[C@@H](c2coc3ccc(C)cc3c2=O)c2c(c3ccccc3oc2=O)O1. The molecule has 0 amide bonds. The number of allylic oxidation sites excluding steroid dienone is 1. The van der Waals surface area contributed by atoms with Gasteiger partial charge in [0.05, 0.1) is 33.1 Å². The molecule has 1 aliphatic rings. The summed E-state index contributed by atoms with van der Waals surface area (Å²) in [4.78, 5) is 37.8. The van der Waals surface area contributed by atoms with Crippen LogP contribution in [0, 0.1) is 17.0 Å². The van der Waals surface area contributed by atoms with Crippen LogP contribution >= 0.6 is 0 Å². The smallest absolute Gasteiger partial charge is 0.344 e. The van der Waals surface area contributed by atoms with Gasteiger partial charge in [-0.15, -0.1) is 0 Å². The zero-order valence-electron chi connectivity index (χ0n) is 17.0. The lowest BCUT2D eigenvalue weighted by molar-refractivity contribution is -0.433. The molecule has 0 unspecified atom stereocenters. The van der Waals surface area contributed by atoms with Gasteiger partial charge in [-0.25, -0.2) is 4.79 Å². The van der Waals surface area contributed by atoms with E-state index in [1.165, 1.54) is 7.05 Å². The van der Waals surface area contributed by atoms with Crippen molar-refractivity contribution in [2.45, 2.75) is 12.8 Å². The van der Waals surface area contributed by atoms with Gasteiger partial charge in [0.25, 0.3) is 5.88 Å². The van der Waals surface area contributed by atoms with Crippen molar-refractivity contribution in [2.24, 2.45) is 0 Å². The van der Waals surface area contributed by atoms with E-state index in [0.29, 0.717) is 11.0 Å². The number of nitro groups is 1. The summed E-state index contributed by atoms with van der Waals surface area (Å²) in [5.74, 6) is -1.44. The maximum absolute atomic E-state index is 13.4. The third-order valence-electron chi connectivity index (χ3n) is 5.49. The zero-order valence-corrected chi connectivity index (χ0v) is 17.0. The Kier molecular flexibility index (Phi) is 4.33. The molecule has 4 aromatic rings. The second kappa shape index (κ2) is 7.09. The molecular formula is C23H16N2O7. The Labute approximate surface area is 179 Å². The van der Waals surface area contributed by atoms with Gasteiger partial charge in [-0.3, -0.25) is 14.9 Å². The Morgan fingerprint density at radius 2 is 1.84 bits per heavy atom. The fraction of sp³-hybridized carbons (Fsp3) is 0.130. The first kappa shape index (κ1) is 19.6. The van der Waals surface area contributed by atoms with Crippen LogP contribution in [0.5, 0.6) is 5.75 Å². The minimum absolute atomic E-state index is 0.0605. The highest BCUT2D eigenvalue weighted by Crippen LogP contribution is 2.43. The van der Waals surface area contributed by atoms with E-state index in [2.05, 4.69) is 5.32 Å². The first-order valence-corrected chi connectivity index (χ1v) is 9.72. The van der Waals surface area contributed by atoms with E-state index in [-0.39, 0.29) is 33.7 Å². The molecule has 1 aliphatic heterocycles. The van der Waals surface area contributed by atoms with Crippen molar-refractivity contribution in [3.63, 3.8) is 0 Å². The molecule has 0 spiro atoms. The molecule has 160 valence electrons. The first-order chi connectivity index (χ1) is 15.4. The number of nitrogens with zero attached hydrogens (tertiary/aromatic N) is 1. The Balaban J connectivity index is 1.92.